The fourth-order valence-electron chi connectivity index (χ4n) is 3.85. The number of benzene rings is 2. The van der Waals surface area contributed by atoms with E-state index in [0.29, 0.717) is 5.56 Å². The van der Waals surface area contributed by atoms with E-state index in [2.05, 4.69) is 32.8 Å². The van der Waals surface area contributed by atoms with Gasteiger partial charge in [0.25, 0.3) is 5.91 Å². The first-order chi connectivity index (χ1) is 13.5. The van der Waals surface area contributed by atoms with E-state index in [-0.39, 0.29) is 11.6 Å². The van der Waals surface area contributed by atoms with E-state index < -0.39 is 0 Å². The summed E-state index contributed by atoms with van der Waals surface area (Å²) < 4.78 is 4.30. The smallest absolute Gasteiger partial charge is 0.328 e. The molecule has 2 aromatic carbocycles. The fraction of sp³-hybridized carbons (Fsp3) is 0.333. The molecule has 0 unspecified atom stereocenters. The van der Waals surface area contributed by atoms with E-state index >= 15 is 0 Å². The summed E-state index contributed by atoms with van der Waals surface area (Å²) in [5.74, 6) is -0.142. The molecule has 1 saturated heterocycles. The molecule has 1 fully saturated rings. The number of anilines is 2. The van der Waals surface area contributed by atoms with Gasteiger partial charge in [-0.25, -0.2) is 4.79 Å². The van der Waals surface area contributed by atoms with Gasteiger partial charge in [-0.1, -0.05) is 6.07 Å². The summed E-state index contributed by atoms with van der Waals surface area (Å²) >= 11 is 2.20. The van der Waals surface area contributed by atoms with Gasteiger partial charge in [0.1, 0.15) is 0 Å². The Hall–Kier alpha value is -2.29. The minimum Gasteiger partial charge on any atom is -0.370 e. The van der Waals surface area contributed by atoms with Crippen LogP contribution in [0.5, 0.6) is 0 Å². The quantitative estimate of drug-likeness (QED) is 0.570. The highest BCUT2D eigenvalue weighted by atomic mass is 127. The monoisotopic (exact) mass is 490 g/mol. The van der Waals surface area contributed by atoms with Crippen LogP contribution in [-0.2, 0) is 14.1 Å². The van der Waals surface area contributed by atoms with Gasteiger partial charge in [-0.2, -0.15) is 0 Å². The van der Waals surface area contributed by atoms with Gasteiger partial charge < -0.3 is 10.2 Å². The molecule has 0 bridgehead atoms. The average Bonchev–Trinajstić information content (AvgIpc) is 2.92. The number of aromatic nitrogens is 2. The van der Waals surface area contributed by atoms with Crippen molar-refractivity contribution in [2.45, 2.75) is 19.3 Å². The van der Waals surface area contributed by atoms with Crippen molar-refractivity contribution >= 4 is 50.9 Å². The number of aryl methyl sites for hydroxylation is 2. The Balaban J connectivity index is 1.81. The lowest BCUT2D eigenvalue weighted by atomic mass is 10.1. The third kappa shape index (κ3) is 3.43. The Morgan fingerprint density at radius 3 is 2.36 bits per heavy atom. The standard InChI is InChI=1S/C21H23IN4O2/c1-24-18-12-16(23-20(27)14-7-6-8-15(22)11-14)17(26-9-4-3-5-10-26)13-19(18)25(2)21(24)28/h6-8,11-13H,3-5,9-10H2,1-2H3,(H,23,27). The molecule has 0 radical (unpaired) electrons. The zero-order valence-electron chi connectivity index (χ0n) is 16.0. The zero-order valence-corrected chi connectivity index (χ0v) is 18.2. The van der Waals surface area contributed by atoms with E-state index in [4.69, 9.17) is 0 Å². The highest BCUT2D eigenvalue weighted by molar-refractivity contribution is 14.1. The van der Waals surface area contributed by atoms with Crippen LogP contribution in [0.15, 0.2) is 41.2 Å². The number of carbonyl (C=O) groups excluding carboxylic acids is 1. The van der Waals surface area contributed by atoms with Crippen molar-refractivity contribution in [3.8, 4) is 0 Å². The highest BCUT2D eigenvalue weighted by Crippen LogP contribution is 2.33. The fourth-order valence-corrected chi connectivity index (χ4v) is 4.40. The molecule has 7 heteroatoms. The van der Waals surface area contributed by atoms with Gasteiger partial charge in [-0.3, -0.25) is 13.9 Å². The molecular weight excluding hydrogens is 467 g/mol. The van der Waals surface area contributed by atoms with Crippen LogP contribution in [0.3, 0.4) is 0 Å². The largest absolute Gasteiger partial charge is 0.370 e. The minimum atomic E-state index is -0.142. The van der Waals surface area contributed by atoms with Crippen LogP contribution in [0.4, 0.5) is 11.4 Å². The van der Waals surface area contributed by atoms with Crippen LogP contribution in [0, 0.1) is 3.57 Å². The second kappa shape index (κ2) is 7.62. The first kappa shape index (κ1) is 19.0. The third-order valence-corrected chi connectivity index (χ3v) is 6.09. The van der Waals surface area contributed by atoms with Crippen LogP contribution in [0.1, 0.15) is 29.6 Å². The maximum absolute atomic E-state index is 12.9. The number of imidazole rings is 1. The number of fused-ring (bicyclic) bond motifs is 1. The lowest BCUT2D eigenvalue weighted by molar-refractivity contribution is 0.102. The van der Waals surface area contributed by atoms with Crippen LogP contribution >= 0.6 is 22.6 Å². The summed E-state index contributed by atoms with van der Waals surface area (Å²) in [5, 5.41) is 3.09. The number of hydrogen-bond acceptors (Lipinski definition) is 3. The molecule has 2 heterocycles. The van der Waals surface area contributed by atoms with Gasteiger partial charge >= 0.3 is 5.69 Å². The Morgan fingerprint density at radius 1 is 1.00 bits per heavy atom. The van der Waals surface area contributed by atoms with Crippen LogP contribution in [0.2, 0.25) is 0 Å². The van der Waals surface area contributed by atoms with Crippen LogP contribution in [0.25, 0.3) is 11.0 Å². The number of nitrogens with zero attached hydrogens (tertiary/aromatic N) is 3. The molecule has 1 aliphatic heterocycles. The van der Waals surface area contributed by atoms with Crippen molar-refractivity contribution in [2.75, 3.05) is 23.3 Å². The number of piperidine rings is 1. The maximum atomic E-state index is 12.9. The molecule has 0 spiro atoms. The molecule has 28 heavy (non-hydrogen) atoms. The van der Waals surface area contributed by atoms with Crippen LogP contribution < -0.4 is 15.9 Å². The number of rotatable bonds is 3. The van der Waals surface area contributed by atoms with Crippen LogP contribution in [-0.4, -0.2) is 28.1 Å². The van der Waals surface area contributed by atoms with Gasteiger partial charge in [0.05, 0.1) is 22.4 Å². The van der Waals surface area contributed by atoms with Gasteiger partial charge in [0.15, 0.2) is 0 Å². The molecule has 0 saturated carbocycles. The molecule has 1 amide bonds. The van der Waals surface area contributed by atoms with Gasteiger partial charge in [0, 0.05) is 36.3 Å². The number of carbonyl (C=O) groups is 1. The van der Waals surface area contributed by atoms with E-state index in [1.807, 2.05) is 36.4 Å². The molecular formula is C21H23IN4O2. The molecule has 1 aromatic heterocycles. The third-order valence-electron chi connectivity index (χ3n) is 5.42. The van der Waals surface area contributed by atoms with E-state index in [0.717, 1.165) is 51.9 Å². The van der Waals surface area contributed by atoms with Crippen molar-refractivity contribution in [1.29, 1.82) is 0 Å². The van der Waals surface area contributed by atoms with E-state index in [1.165, 1.54) is 6.42 Å². The summed E-state index contributed by atoms with van der Waals surface area (Å²) in [7, 11) is 3.55. The average molecular weight is 490 g/mol. The highest BCUT2D eigenvalue weighted by Gasteiger charge is 2.20. The van der Waals surface area contributed by atoms with Gasteiger partial charge in [-0.15, -0.1) is 0 Å². The summed E-state index contributed by atoms with van der Waals surface area (Å²) in [6.45, 7) is 1.91. The molecule has 146 valence electrons. The normalized spacial score (nSPS) is 14.5. The number of amides is 1. The second-order valence-electron chi connectivity index (χ2n) is 7.27. The maximum Gasteiger partial charge on any atom is 0.328 e. The SMILES string of the molecule is Cn1c(=O)n(C)c2cc(N3CCCCC3)c(NC(=O)c3cccc(I)c3)cc21. The zero-order chi connectivity index (χ0) is 19.8. The Morgan fingerprint density at radius 2 is 1.68 bits per heavy atom. The van der Waals surface area contributed by atoms with Crippen molar-refractivity contribution in [3.05, 3.63) is 56.0 Å². The topological polar surface area (TPSA) is 59.3 Å². The molecule has 6 nitrogen and oxygen atoms in total. The Labute approximate surface area is 177 Å². The lowest BCUT2D eigenvalue weighted by Gasteiger charge is -2.30. The molecule has 1 aliphatic rings. The minimum absolute atomic E-state index is 0.0688. The number of hydrogen-bond donors (Lipinski definition) is 1. The van der Waals surface area contributed by atoms with Gasteiger partial charge in [0.2, 0.25) is 0 Å². The Bertz CT molecular complexity index is 1110. The number of nitrogens with one attached hydrogen (secondary N) is 1. The van der Waals surface area contributed by atoms with Crippen molar-refractivity contribution in [1.82, 2.24) is 9.13 Å². The molecule has 0 atom stereocenters. The molecule has 4 rings (SSSR count). The summed E-state index contributed by atoms with van der Waals surface area (Å²) in [6.07, 6.45) is 3.50. The molecule has 3 aromatic rings. The summed E-state index contributed by atoms with van der Waals surface area (Å²) in [5.41, 5.74) is 3.97. The molecule has 0 aliphatic carbocycles. The van der Waals surface area contributed by atoms with Crippen molar-refractivity contribution < 1.29 is 4.79 Å². The first-order valence-corrected chi connectivity index (χ1v) is 10.5. The van der Waals surface area contributed by atoms with E-state index in [9.17, 15) is 9.59 Å². The summed E-state index contributed by atoms with van der Waals surface area (Å²) in [6, 6.07) is 11.5. The predicted octanol–water partition coefficient (Wildman–Crippen LogP) is 3.72. The first-order valence-electron chi connectivity index (χ1n) is 9.47. The van der Waals surface area contributed by atoms with Crippen molar-refractivity contribution in [2.24, 2.45) is 14.1 Å². The second-order valence-corrected chi connectivity index (χ2v) is 8.52. The number of halogens is 1. The predicted molar refractivity (Wildman–Crippen MR) is 121 cm³/mol. The van der Waals surface area contributed by atoms with E-state index in [1.54, 1.807) is 23.2 Å². The summed E-state index contributed by atoms with van der Waals surface area (Å²) in [4.78, 5) is 27.6. The lowest BCUT2D eigenvalue weighted by Crippen LogP contribution is -2.30. The van der Waals surface area contributed by atoms with Crippen molar-refractivity contribution in [3.63, 3.8) is 0 Å². The molecule has 1 N–H and O–H groups in total. The van der Waals surface area contributed by atoms with Gasteiger partial charge in [-0.05, 0) is 72.2 Å². The Kier molecular flexibility index (Phi) is 5.18.